The van der Waals surface area contributed by atoms with E-state index >= 15 is 0 Å². The van der Waals surface area contributed by atoms with Crippen molar-refractivity contribution in [1.29, 1.82) is 0 Å². The van der Waals surface area contributed by atoms with Gasteiger partial charge in [0.05, 0.1) is 9.85 Å². The quantitative estimate of drug-likeness (QED) is 0.262. The van der Waals surface area contributed by atoms with Crippen LogP contribution in [0.15, 0.2) is 12.1 Å². The largest absolute Gasteiger partial charge is 0.294 e. The maximum atomic E-state index is 11.4. The van der Waals surface area contributed by atoms with Crippen molar-refractivity contribution >= 4 is 17.2 Å². The van der Waals surface area contributed by atoms with Gasteiger partial charge in [0, 0.05) is 22.1 Å². The highest BCUT2D eigenvalue weighted by atomic mass is 16.6. The standard InChI is InChI=1S/C14H20O.C13H18N2O4/c1-9-7-12(14(4,5)6)8-10(2)13(9)11(3)15;1-7-8(2)11(14(16)17)10(13(4,5)6)12(9(7)3)15(18)19/h7-8H,1-6H3;1-6H3. The van der Waals surface area contributed by atoms with Gasteiger partial charge >= 0.3 is 0 Å². The van der Waals surface area contributed by atoms with Crippen molar-refractivity contribution in [1.82, 2.24) is 0 Å². The molecule has 0 aromatic heterocycles. The molecule has 34 heavy (non-hydrogen) atoms. The van der Waals surface area contributed by atoms with Gasteiger partial charge in [0.15, 0.2) is 5.78 Å². The zero-order valence-corrected chi connectivity index (χ0v) is 22.6. The third-order valence-electron chi connectivity index (χ3n) is 6.17. The smallest absolute Gasteiger partial charge is 0.283 e. The monoisotopic (exact) mass is 470 g/mol. The van der Waals surface area contributed by atoms with Gasteiger partial charge in [-0.1, -0.05) is 53.7 Å². The Hall–Kier alpha value is -3.09. The lowest BCUT2D eigenvalue weighted by molar-refractivity contribution is -0.397. The molecule has 7 heteroatoms. The average molecular weight is 471 g/mol. The molecule has 0 aliphatic heterocycles. The third-order valence-corrected chi connectivity index (χ3v) is 6.17. The molecular formula is C27H38N2O5. The van der Waals surface area contributed by atoms with E-state index in [2.05, 4.69) is 32.9 Å². The van der Waals surface area contributed by atoms with Gasteiger partial charge in [0.25, 0.3) is 11.4 Å². The molecule has 0 fully saturated rings. The summed E-state index contributed by atoms with van der Waals surface area (Å²) < 4.78 is 0. The van der Waals surface area contributed by atoms with Crippen LogP contribution in [0.4, 0.5) is 11.4 Å². The number of Topliss-reactive ketones (excluding diaryl/α,β-unsaturated/α-hetero) is 1. The topological polar surface area (TPSA) is 103 Å². The number of benzene rings is 2. The lowest BCUT2D eigenvalue weighted by Crippen LogP contribution is -2.19. The molecule has 0 N–H and O–H groups in total. The van der Waals surface area contributed by atoms with E-state index in [0.29, 0.717) is 16.7 Å². The second-order valence-corrected chi connectivity index (χ2v) is 11.0. The fourth-order valence-electron chi connectivity index (χ4n) is 4.24. The number of rotatable bonds is 3. The van der Waals surface area contributed by atoms with E-state index < -0.39 is 15.3 Å². The second-order valence-electron chi connectivity index (χ2n) is 11.0. The fraction of sp³-hybridized carbons (Fsp3) is 0.519. The molecule has 2 aromatic rings. The Morgan fingerprint density at radius 1 is 0.706 bits per heavy atom. The van der Waals surface area contributed by atoms with Gasteiger partial charge in [-0.25, -0.2) is 0 Å². The maximum absolute atomic E-state index is 11.4. The van der Waals surface area contributed by atoms with Crippen LogP contribution in [-0.4, -0.2) is 15.6 Å². The first-order valence-corrected chi connectivity index (χ1v) is 11.3. The van der Waals surface area contributed by atoms with Crippen molar-refractivity contribution in [3.63, 3.8) is 0 Å². The summed E-state index contributed by atoms with van der Waals surface area (Å²) >= 11 is 0. The molecule has 0 heterocycles. The number of nitro benzene ring substituents is 2. The van der Waals surface area contributed by atoms with Crippen LogP contribution in [0.25, 0.3) is 0 Å². The predicted octanol–water partition coefficient (Wildman–Crippen LogP) is 7.53. The predicted molar refractivity (Wildman–Crippen MR) is 137 cm³/mol. The molecular weight excluding hydrogens is 432 g/mol. The molecule has 0 bridgehead atoms. The molecule has 0 atom stereocenters. The van der Waals surface area contributed by atoms with E-state index in [1.165, 1.54) is 5.56 Å². The summed E-state index contributed by atoms with van der Waals surface area (Å²) in [7, 11) is 0. The van der Waals surface area contributed by atoms with Crippen LogP contribution in [0, 0.1) is 54.8 Å². The number of nitrogens with zero attached hydrogens (tertiary/aromatic N) is 2. The first-order chi connectivity index (χ1) is 15.2. The Morgan fingerprint density at radius 2 is 1.06 bits per heavy atom. The molecule has 0 saturated heterocycles. The lowest BCUT2D eigenvalue weighted by Gasteiger charge is -2.22. The van der Waals surface area contributed by atoms with Crippen molar-refractivity contribution in [2.45, 2.75) is 93.9 Å². The fourth-order valence-corrected chi connectivity index (χ4v) is 4.24. The van der Waals surface area contributed by atoms with Gasteiger partial charge in [-0.15, -0.1) is 0 Å². The number of nitro groups is 2. The Kier molecular flexibility index (Phi) is 8.54. The molecule has 2 rings (SSSR count). The van der Waals surface area contributed by atoms with Crippen LogP contribution in [0.2, 0.25) is 0 Å². The van der Waals surface area contributed by atoms with Crippen LogP contribution in [0.1, 0.15) is 97.8 Å². The number of carbonyl (C=O) groups excluding carboxylic acids is 1. The SMILES string of the molecule is CC(=O)c1c(C)cc(C(C)(C)C)cc1C.Cc1c(C)c([N+](=O)[O-])c(C(C)(C)C)c([N+](=O)[O-])c1C. The van der Waals surface area contributed by atoms with E-state index in [1.54, 1.807) is 48.5 Å². The molecule has 0 unspecified atom stereocenters. The number of hydrogen-bond acceptors (Lipinski definition) is 5. The van der Waals surface area contributed by atoms with Gasteiger partial charge in [-0.3, -0.25) is 25.0 Å². The van der Waals surface area contributed by atoms with Crippen LogP contribution in [0.5, 0.6) is 0 Å². The van der Waals surface area contributed by atoms with Gasteiger partial charge in [0.1, 0.15) is 5.56 Å². The molecule has 0 amide bonds. The summed E-state index contributed by atoms with van der Waals surface area (Å²) in [5.41, 5.74) is 5.35. The van der Waals surface area contributed by atoms with Gasteiger partial charge in [0.2, 0.25) is 0 Å². The van der Waals surface area contributed by atoms with Gasteiger partial charge < -0.3 is 0 Å². The summed E-state index contributed by atoms with van der Waals surface area (Å²) in [5.74, 6) is 0.158. The van der Waals surface area contributed by atoms with E-state index in [-0.39, 0.29) is 28.1 Å². The Labute approximate surface area is 202 Å². The second kappa shape index (κ2) is 10.0. The van der Waals surface area contributed by atoms with Crippen molar-refractivity contribution in [3.05, 3.63) is 76.9 Å². The Bertz CT molecular complexity index is 1090. The molecule has 186 valence electrons. The molecule has 7 nitrogen and oxygen atoms in total. The lowest BCUT2D eigenvalue weighted by atomic mass is 9.80. The van der Waals surface area contributed by atoms with Gasteiger partial charge in [-0.2, -0.15) is 0 Å². The highest BCUT2D eigenvalue weighted by Crippen LogP contribution is 2.44. The van der Waals surface area contributed by atoms with Crippen molar-refractivity contribution in [2.24, 2.45) is 0 Å². The normalized spacial score (nSPS) is 11.5. The average Bonchev–Trinajstić information content (AvgIpc) is 2.63. The van der Waals surface area contributed by atoms with E-state index in [0.717, 1.165) is 16.7 Å². The van der Waals surface area contributed by atoms with Crippen molar-refractivity contribution in [2.75, 3.05) is 0 Å². The van der Waals surface area contributed by atoms with Crippen LogP contribution < -0.4 is 0 Å². The minimum Gasteiger partial charge on any atom is -0.294 e. The molecule has 0 radical (unpaired) electrons. The summed E-state index contributed by atoms with van der Waals surface area (Å²) in [5, 5.41) is 22.6. The number of aryl methyl sites for hydroxylation is 2. The molecule has 0 spiro atoms. The molecule has 2 aromatic carbocycles. The zero-order valence-electron chi connectivity index (χ0n) is 22.6. The zero-order chi connectivity index (χ0) is 26.9. The van der Waals surface area contributed by atoms with Crippen molar-refractivity contribution in [3.8, 4) is 0 Å². The molecule has 0 aliphatic rings. The minimum absolute atomic E-state index is 0.137. The van der Waals surface area contributed by atoms with Gasteiger partial charge in [-0.05, 0) is 69.2 Å². The number of hydrogen-bond donors (Lipinski definition) is 0. The van der Waals surface area contributed by atoms with E-state index in [1.807, 2.05) is 13.8 Å². The van der Waals surface area contributed by atoms with Crippen molar-refractivity contribution < 1.29 is 14.6 Å². The Balaban J connectivity index is 0.000000350. The van der Waals surface area contributed by atoms with E-state index in [9.17, 15) is 25.0 Å². The first kappa shape index (κ1) is 28.9. The summed E-state index contributed by atoms with van der Waals surface area (Å²) in [6.07, 6.45) is 0. The number of carbonyl (C=O) groups is 1. The summed E-state index contributed by atoms with van der Waals surface area (Å²) in [6.45, 7) is 22.4. The molecule has 0 aliphatic carbocycles. The highest BCUT2D eigenvalue weighted by molar-refractivity contribution is 5.97. The first-order valence-electron chi connectivity index (χ1n) is 11.3. The maximum Gasteiger partial charge on any atom is 0.283 e. The molecule has 0 saturated carbocycles. The van der Waals surface area contributed by atoms with E-state index in [4.69, 9.17) is 0 Å². The van der Waals surface area contributed by atoms with Crippen LogP contribution >= 0.6 is 0 Å². The van der Waals surface area contributed by atoms with Crippen LogP contribution in [0.3, 0.4) is 0 Å². The third kappa shape index (κ3) is 6.07. The highest BCUT2D eigenvalue weighted by Gasteiger charge is 2.38. The van der Waals surface area contributed by atoms with Crippen LogP contribution in [-0.2, 0) is 10.8 Å². The minimum atomic E-state index is -0.673. The Morgan fingerprint density at radius 3 is 1.29 bits per heavy atom. The summed E-state index contributed by atoms with van der Waals surface area (Å²) in [6, 6.07) is 4.26. The number of ketones is 1. The summed E-state index contributed by atoms with van der Waals surface area (Å²) in [4.78, 5) is 33.0.